The average Bonchev–Trinajstić information content (AvgIpc) is 2.96. The SMILES string of the molecule is Cc1cccnc1CN1CCC[C@](O)(c2cn[nH]n2)C1. The molecule has 3 rings (SSSR count). The molecular formula is C14H19N5O. The number of pyridine rings is 1. The predicted octanol–water partition coefficient (Wildman–Crippen LogP) is 0.992. The van der Waals surface area contributed by atoms with Crippen LogP contribution in [-0.4, -0.2) is 43.5 Å². The van der Waals surface area contributed by atoms with Crippen LogP contribution in [0, 0.1) is 6.92 Å². The van der Waals surface area contributed by atoms with Crippen molar-refractivity contribution < 1.29 is 5.11 Å². The highest BCUT2D eigenvalue weighted by Gasteiger charge is 2.37. The van der Waals surface area contributed by atoms with Crippen molar-refractivity contribution in [1.82, 2.24) is 25.3 Å². The number of H-pyrrole nitrogens is 1. The third-order valence-corrected chi connectivity index (χ3v) is 3.93. The molecule has 1 saturated heterocycles. The maximum absolute atomic E-state index is 10.8. The van der Waals surface area contributed by atoms with E-state index in [9.17, 15) is 5.11 Å². The van der Waals surface area contributed by atoms with Gasteiger partial charge in [0.25, 0.3) is 0 Å². The largest absolute Gasteiger partial charge is 0.382 e. The number of aromatic amines is 1. The highest BCUT2D eigenvalue weighted by atomic mass is 16.3. The van der Waals surface area contributed by atoms with Crippen molar-refractivity contribution in [3.63, 3.8) is 0 Å². The minimum absolute atomic E-state index is 0.565. The molecule has 1 atom stereocenters. The number of piperidine rings is 1. The van der Waals surface area contributed by atoms with Crippen LogP contribution in [0.3, 0.4) is 0 Å². The van der Waals surface area contributed by atoms with Gasteiger partial charge < -0.3 is 5.11 Å². The van der Waals surface area contributed by atoms with Crippen molar-refractivity contribution in [3.8, 4) is 0 Å². The average molecular weight is 273 g/mol. The summed E-state index contributed by atoms with van der Waals surface area (Å²) in [6.45, 7) is 4.36. The van der Waals surface area contributed by atoms with Crippen LogP contribution in [0.5, 0.6) is 0 Å². The highest BCUT2D eigenvalue weighted by molar-refractivity contribution is 5.18. The molecule has 2 N–H and O–H groups in total. The van der Waals surface area contributed by atoms with Gasteiger partial charge in [0.05, 0.1) is 11.9 Å². The molecule has 0 aromatic carbocycles. The molecule has 6 nitrogen and oxygen atoms in total. The Labute approximate surface area is 117 Å². The molecule has 1 aliphatic rings. The van der Waals surface area contributed by atoms with Crippen molar-refractivity contribution in [3.05, 3.63) is 41.5 Å². The number of rotatable bonds is 3. The number of β-amino-alcohol motifs (C(OH)–C–C–N with tert-alkyl or cyclic N) is 1. The van der Waals surface area contributed by atoms with Gasteiger partial charge in [-0.1, -0.05) is 6.07 Å². The van der Waals surface area contributed by atoms with Crippen LogP contribution in [0.4, 0.5) is 0 Å². The van der Waals surface area contributed by atoms with Crippen molar-refractivity contribution in [2.75, 3.05) is 13.1 Å². The molecule has 106 valence electrons. The van der Waals surface area contributed by atoms with Crippen LogP contribution in [0.1, 0.15) is 29.8 Å². The number of nitrogens with one attached hydrogen (secondary N) is 1. The molecule has 0 amide bonds. The number of likely N-dealkylation sites (tertiary alicyclic amines) is 1. The zero-order valence-electron chi connectivity index (χ0n) is 11.6. The van der Waals surface area contributed by atoms with Crippen molar-refractivity contribution in [2.24, 2.45) is 0 Å². The molecule has 20 heavy (non-hydrogen) atoms. The molecule has 2 aromatic heterocycles. The Morgan fingerprint density at radius 2 is 2.40 bits per heavy atom. The lowest BCUT2D eigenvalue weighted by Gasteiger charge is -2.37. The van der Waals surface area contributed by atoms with Crippen LogP contribution in [0.25, 0.3) is 0 Å². The molecule has 0 aliphatic carbocycles. The Morgan fingerprint density at radius 1 is 1.50 bits per heavy atom. The second kappa shape index (κ2) is 5.30. The standard InChI is InChI=1S/C14H19N5O/c1-11-4-2-6-15-12(11)9-19-7-3-5-14(20,10-19)13-8-16-18-17-13/h2,4,6,8,20H,3,5,7,9-10H2,1H3,(H,16,17,18)/t14-/m1/s1. The fraction of sp³-hybridized carbons (Fsp3) is 0.500. The first kappa shape index (κ1) is 13.2. The van der Waals surface area contributed by atoms with E-state index in [0.29, 0.717) is 12.2 Å². The quantitative estimate of drug-likeness (QED) is 0.872. The zero-order chi connectivity index (χ0) is 14.0. The molecule has 0 saturated carbocycles. The molecule has 3 heterocycles. The van der Waals surface area contributed by atoms with E-state index >= 15 is 0 Å². The maximum Gasteiger partial charge on any atom is 0.123 e. The minimum atomic E-state index is -0.909. The summed E-state index contributed by atoms with van der Waals surface area (Å²) >= 11 is 0. The van der Waals surface area contributed by atoms with Gasteiger partial charge in [0.1, 0.15) is 11.3 Å². The second-order valence-corrected chi connectivity index (χ2v) is 5.47. The molecule has 1 aliphatic heterocycles. The lowest BCUT2D eigenvalue weighted by atomic mass is 9.90. The molecule has 1 fully saturated rings. The Kier molecular flexibility index (Phi) is 3.50. The summed E-state index contributed by atoms with van der Waals surface area (Å²) in [6.07, 6.45) is 5.08. The van der Waals surface area contributed by atoms with Gasteiger partial charge in [-0.25, -0.2) is 0 Å². The Hall–Kier alpha value is -1.79. The van der Waals surface area contributed by atoms with Crippen molar-refractivity contribution in [1.29, 1.82) is 0 Å². The van der Waals surface area contributed by atoms with Gasteiger partial charge in [-0.15, -0.1) is 0 Å². The molecule has 0 spiro atoms. The minimum Gasteiger partial charge on any atom is -0.382 e. The zero-order valence-corrected chi connectivity index (χ0v) is 11.6. The second-order valence-electron chi connectivity index (χ2n) is 5.47. The van der Waals surface area contributed by atoms with E-state index in [1.165, 1.54) is 5.56 Å². The van der Waals surface area contributed by atoms with Gasteiger partial charge in [-0.3, -0.25) is 9.88 Å². The smallest absolute Gasteiger partial charge is 0.123 e. The number of hydrogen-bond donors (Lipinski definition) is 2. The van der Waals surface area contributed by atoms with Crippen molar-refractivity contribution >= 4 is 0 Å². The summed E-state index contributed by atoms with van der Waals surface area (Å²) in [5.74, 6) is 0. The summed E-state index contributed by atoms with van der Waals surface area (Å²) in [4.78, 5) is 6.66. The summed E-state index contributed by atoms with van der Waals surface area (Å²) in [6, 6.07) is 4.01. The highest BCUT2D eigenvalue weighted by Crippen LogP contribution is 2.30. The molecular weight excluding hydrogens is 254 g/mol. The van der Waals surface area contributed by atoms with E-state index in [0.717, 1.165) is 31.6 Å². The van der Waals surface area contributed by atoms with Crippen LogP contribution in [0.15, 0.2) is 24.5 Å². The first-order valence-corrected chi connectivity index (χ1v) is 6.89. The van der Waals surface area contributed by atoms with Crippen LogP contribution in [-0.2, 0) is 12.1 Å². The number of nitrogens with zero attached hydrogens (tertiary/aromatic N) is 4. The summed E-state index contributed by atoms with van der Waals surface area (Å²) in [5.41, 5.74) is 1.97. The number of hydrogen-bond acceptors (Lipinski definition) is 5. The number of aryl methyl sites for hydroxylation is 1. The maximum atomic E-state index is 10.8. The Bertz CT molecular complexity index is 571. The van der Waals surface area contributed by atoms with E-state index in [2.05, 4.69) is 38.3 Å². The lowest BCUT2D eigenvalue weighted by Crippen LogP contribution is -2.46. The van der Waals surface area contributed by atoms with Crippen LogP contribution < -0.4 is 0 Å². The van der Waals surface area contributed by atoms with E-state index < -0.39 is 5.60 Å². The third-order valence-electron chi connectivity index (χ3n) is 3.93. The number of aliphatic hydroxyl groups is 1. The molecule has 0 radical (unpaired) electrons. The van der Waals surface area contributed by atoms with Crippen LogP contribution >= 0.6 is 0 Å². The summed E-state index contributed by atoms with van der Waals surface area (Å²) < 4.78 is 0. The third kappa shape index (κ3) is 2.57. The Balaban J connectivity index is 1.74. The topological polar surface area (TPSA) is 77.9 Å². The van der Waals surface area contributed by atoms with E-state index in [1.54, 1.807) is 6.20 Å². The fourth-order valence-electron chi connectivity index (χ4n) is 2.79. The van der Waals surface area contributed by atoms with Gasteiger partial charge in [-0.05, 0) is 37.9 Å². The summed E-state index contributed by atoms with van der Waals surface area (Å²) in [5, 5.41) is 21.2. The normalized spacial score (nSPS) is 23.9. The van der Waals surface area contributed by atoms with E-state index in [1.807, 2.05) is 12.3 Å². The van der Waals surface area contributed by atoms with Gasteiger partial charge in [-0.2, -0.15) is 15.4 Å². The van der Waals surface area contributed by atoms with Gasteiger partial charge in [0.2, 0.25) is 0 Å². The predicted molar refractivity (Wildman–Crippen MR) is 73.8 cm³/mol. The summed E-state index contributed by atoms with van der Waals surface area (Å²) in [7, 11) is 0. The molecule has 2 aromatic rings. The van der Waals surface area contributed by atoms with Gasteiger partial charge >= 0.3 is 0 Å². The van der Waals surface area contributed by atoms with E-state index in [4.69, 9.17) is 0 Å². The van der Waals surface area contributed by atoms with Gasteiger partial charge in [0.15, 0.2) is 0 Å². The molecule has 6 heteroatoms. The fourth-order valence-corrected chi connectivity index (χ4v) is 2.79. The van der Waals surface area contributed by atoms with E-state index in [-0.39, 0.29) is 0 Å². The lowest BCUT2D eigenvalue weighted by molar-refractivity contribution is -0.0417. The number of aromatic nitrogens is 4. The first-order chi connectivity index (χ1) is 9.67. The monoisotopic (exact) mass is 273 g/mol. The van der Waals surface area contributed by atoms with Crippen molar-refractivity contribution in [2.45, 2.75) is 31.9 Å². The van der Waals surface area contributed by atoms with Gasteiger partial charge in [0, 0.05) is 19.3 Å². The van der Waals surface area contributed by atoms with Crippen LogP contribution in [0.2, 0.25) is 0 Å². The Morgan fingerprint density at radius 3 is 3.15 bits per heavy atom. The first-order valence-electron chi connectivity index (χ1n) is 6.89. The molecule has 0 bridgehead atoms. The molecule has 0 unspecified atom stereocenters.